The van der Waals surface area contributed by atoms with Gasteiger partial charge >= 0.3 is 0 Å². The van der Waals surface area contributed by atoms with Gasteiger partial charge in [0.15, 0.2) is 11.2 Å². The summed E-state index contributed by atoms with van der Waals surface area (Å²) < 4.78 is 17.5. The highest BCUT2D eigenvalue weighted by atomic mass is 32.1. The molecule has 0 saturated carbocycles. The van der Waals surface area contributed by atoms with Gasteiger partial charge in [0, 0.05) is 55.2 Å². The predicted octanol–water partition coefficient (Wildman–Crippen LogP) is 4.46. The minimum atomic E-state index is -0.611. The third kappa shape index (κ3) is 5.20. The van der Waals surface area contributed by atoms with E-state index in [4.69, 9.17) is 13.9 Å². The highest BCUT2D eigenvalue weighted by molar-refractivity contribution is 7.15. The van der Waals surface area contributed by atoms with Gasteiger partial charge in [0.1, 0.15) is 17.2 Å². The van der Waals surface area contributed by atoms with Crippen LogP contribution in [-0.2, 0) is 4.79 Å². The average Bonchev–Trinajstić information content (AvgIpc) is 3.56. The van der Waals surface area contributed by atoms with Crippen molar-refractivity contribution < 1.29 is 23.5 Å². The molecule has 3 heterocycles. The molecule has 1 saturated heterocycles. The number of carbonyl (C=O) groups is 2. The lowest BCUT2D eigenvalue weighted by Crippen LogP contribution is -2.29. The molecule has 0 unspecified atom stereocenters. The summed E-state index contributed by atoms with van der Waals surface area (Å²) in [6, 6.07) is 12.0. The summed E-state index contributed by atoms with van der Waals surface area (Å²) in [7, 11) is 1.74. The molecule has 4 aromatic rings. The minimum absolute atomic E-state index is 0.0996. The number of hydrogen-bond donors (Lipinski definition) is 1. The van der Waals surface area contributed by atoms with Gasteiger partial charge in [-0.05, 0) is 43.3 Å². The van der Waals surface area contributed by atoms with Crippen LogP contribution in [0.5, 0.6) is 17.2 Å². The van der Waals surface area contributed by atoms with E-state index < -0.39 is 6.10 Å². The van der Waals surface area contributed by atoms with Crippen molar-refractivity contribution in [3.05, 3.63) is 65.0 Å². The molecule has 36 heavy (non-hydrogen) atoms. The molecular formula is C25H23N5O5S. The van der Waals surface area contributed by atoms with E-state index in [0.717, 1.165) is 10.4 Å². The Morgan fingerprint density at radius 2 is 1.89 bits per heavy atom. The van der Waals surface area contributed by atoms with Crippen LogP contribution in [0.15, 0.2) is 53.1 Å². The maximum atomic E-state index is 13.0. The number of aromatic nitrogens is 3. The first kappa shape index (κ1) is 23.5. The largest absolute Gasteiger partial charge is 0.480 e. The van der Waals surface area contributed by atoms with Crippen LogP contribution >= 0.6 is 11.3 Å². The van der Waals surface area contributed by atoms with E-state index in [-0.39, 0.29) is 11.8 Å². The Morgan fingerprint density at radius 1 is 1.11 bits per heavy atom. The number of ether oxygens (including phenoxy) is 2. The van der Waals surface area contributed by atoms with Crippen LogP contribution in [-0.4, -0.2) is 51.6 Å². The van der Waals surface area contributed by atoms with Gasteiger partial charge in [-0.1, -0.05) is 0 Å². The zero-order valence-corrected chi connectivity index (χ0v) is 20.7. The lowest BCUT2D eigenvalue weighted by Gasteiger charge is -2.15. The van der Waals surface area contributed by atoms with Gasteiger partial charge in [-0.25, -0.2) is 4.98 Å². The van der Waals surface area contributed by atoms with Crippen molar-refractivity contribution in [1.82, 2.24) is 20.1 Å². The summed E-state index contributed by atoms with van der Waals surface area (Å²) in [5, 5.41) is 11.1. The topological polar surface area (TPSA) is 120 Å². The second kappa shape index (κ2) is 9.78. The van der Waals surface area contributed by atoms with Crippen molar-refractivity contribution in [2.45, 2.75) is 26.4 Å². The summed E-state index contributed by atoms with van der Waals surface area (Å²) in [6.07, 6.45) is 1.65. The summed E-state index contributed by atoms with van der Waals surface area (Å²) in [6.45, 7) is 4.25. The van der Waals surface area contributed by atoms with Crippen LogP contribution in [0.2, 0.25) is 0 Å². The lowest BCUT2D eigenvalue weighted by molar-refractivity contribution is -0.132. The molecular weight excluding hydrogens is 482 g/mol. The number of hydrogen-bond acceptors (Lipinski definition) is 9. The molecule has 10 nitrogen and oxygen atoms in total. The minimum Gasteiger partial charge on any atom is -0.480 e. The molecule has 1 aliphatic heterocycles. The molecule has 2 aromatic heterocycles. The van der Waals surface area contributed by atoms with Crippen molar-refractivity contribution >= 4 is 28.3 Å². The summed E-state index contributed by atoms with van der Waals surface area (Å²) >= 11 is 1.38. The van der Waals surface area contributed by atoms with Crippen molar-refractivity contribution in [3.63, 3.8) is 0 Å². The Hall–Kier alpha value is -4.25. The molecule has 1 aliphatic rings. The monoisotopic (exact) mass is 505 g/mol. The normalized spacial score (nSPS) is 15.2. The number of benzene rings is 2. The van der Waals surface area contributed by atoms with Crippen LogP contribution < -0.4 is 14.8 Å². The second-order valence-electron chi connectivity index (χ2n) is 8.33. The first-order valence-electron chi connectivity index (χ1n) is 11.2. The number of thiazole rings is 1. The molecule has 1 fully saturated rings. The van der Waals surface area contributed by atoms with Crippen molar-refractivity contribution in [2.75, 3.05) is 18.9 Å². The van der Waals surface area contributed by atoms with Crippen LogP contribution in [0.3, 0.4) is 0 Å². The van der Waals surface area contributed by atoms with Gasteiger partial charge in [-0.3, -0.25) is 14.9 Å². The molecule has 0 aliphatic carbocycles. The Balaban J connectivity index is 1.40. The number of nitrogens with zero attached hydrogens (tertiary/aromatic N) is 4. The Bertz CT molecular complexity index is 1410. The summed E-state index contributed by atoms with van der Waals surface area (Å²) in [4.78, 5) is 32.1. The molecule has 5 rings (SSSR count). The third-order valence-corrected chi connectivity index (χ3v) is 6.33. The second-order valence-corrected chi connectivity index (χ2v) is 9.57. The number of aryl methyl sites for hydroxylation is 2. The highest BCUT2D eigenvalue weighted by Gasteiger charge is 2.31. The highest BCUT2D eigenvalue weighted by Crippen LogP contribution is 2.31. The van der Waals surface area contributed by atoms with E-state index in [0.29, 0.717) is 52.7 Å². The van der Waals surface area contributed by atoms with Crippen LogP contribution in [0, 0.1) is 13.8 Å². The standard InChI is InChI=1S/C25H23N5O5S/c1-14-13-26-25(36-14)27-22(31)17-10-19(12-20(11-17)35-21-8-9-30(3)24(21)32)34-18-6-4-16(5-7-18)23-29-28-15(2)33-23/h4-7,10-13,21H,8-9H2,1-3H3,(H,26,27,31)/t21-/m0/s1. The molecule has 11 heteroatoms. The third-order valence-electron chi connectivity index (χ3n) is 5.50. The summed E-state index contributed by atoms with van der Waals surface area (Å²) in [5.41, 5.74) is 1.06. The first-order valence-corrected chi connectivity index (χ1v) is 12.0. The van der Waals surface area contributed by atoms with Crippen molar-refractivity contribution in [1.29, 1.82) is 0 Å². The predicted molar refractivity (Wildman–Crippen MR) is 132 cm³/mol. The Morgan fingerprint density at radius 3 is 2.53 bits per heavy atom. The lowest BCUT2D eigenvalue weighted by atomic mass is 10.1. The van der Waals surface area contributed by atoms with Crippen LogP contribution in [0.25, 0.3) is 11.5 Å². The molecule has 1 N–H and O–H groups in total. The van der Waals surface area contributed by atoms with Gasteiger partial charge in [0.25, 0.3) is 11.8 Å². The molecule has 1 atom stereocenters. The fraction of sp³-hybridized carbons (Fsp3) is 0.240. The number of rotatable bonds is 7. The summed E-state index contributed by atoms with van der Waals surface area (Å²) in [5.74, 6) is 1.71. The maximum Gasteiger partial charge on any atom is 0.263 e. The van der Waals surface area contributed by atoms with Gasteiger partial charge in [0.2, 0.25) is 11.8 Å². The fourth-order valence-corrected chi connectivity index (χ4v) is 4.35. The van der Waals surface area contributed by atoms with Gasteiger partial charge < -0.3 is 18.8 Å². The fourth-order valence-electron chi connectivity index (χ4n) is 3.69. The van der Waals surface area contributed by atoms with E-state index in [1.165, 1.54) is 11.3 Å². The number of anilines is 1. The van der Waals surface area contributed by atoms with E-state index >= 15 is 0 Å². The van der Waals surface area contributed by atoms with Gasteiger partial charge in [0.05, 0.1) is 0 Å². The smallest absolute Gasteiger partial charge is 0.263 e. The number of likely N-dealkylation sites (N-methyl/N-ethyl adjacent to an activating group) is 1. The van der Waals surface area contributed by atoms with Gasteiger partial charge in [-0.2, -0.15) is 0 Å². The van der Waals surface area contributed by atoms with E-state index in [2.05, 4.69) is 20.5 Å². The van der Waals surface area contributed by atoms with Crippen molar-refractivity contribution in [2.24, 2.45) is 0 Å². The first-order chi connectivity index (χ1) is 17.3. The van der Waals surface area contributed by atoms with E-state index in [1.807, 2.05) is 6.92 Å². The molecule has 184 valence electrons. The average molecular weight is 506 g/mol. The number of amides is 2. The number of carbonyl (C=O) groups excluding carboxylic acids is 2. The molecule has 0 bridgehead atoms. The van der Waals surface area contributed by atoms with E-state index in [9.17, 15) is 9.59 Å². The maximum absolute atomic E-state index is 13.0. The molecule has 0 radical (unpaired) electrons. The quantitative estimate of drug-likeness (QED) is 0.391. The number of likely N-dealkylation sites (tertiary alicyclic amines) is 1. The van der Waals surface area contributed by atoms with Crippen LogP contribution in [0.1, 0.15) is 27.5 Å². The Kier molecular flexibility index (Phi) is 6.38. The van der Waals surface area contributed by atoms with Crippen LogP contribution in [0.4, 0.5) is 5.13 Å². The molecule has 0 spiro atoms. The molecule has 2 aromatic carbocycles. The molecule has 2 amide bonds. The number of nitrogens with one attached hydrogen (secondary N) is 1. The van der Waals surface area contributed by atoms with Gasteiger partial charge in [-0.15, -0.1) is 21.5 Å². The van der Waals surface area contributed by atoms with Crippen molar-refractivity contribution in [3.8, 4) is 28.7 Å². The Labute approximate surface area is 210 Å². The van der Waals surface area contributed by atoms with E-state index in [1.54, 1.807) is 67.5 Å². The zero-order chi connectivity index (χ0) is 25.2. The SMILES string of the molecule is Cc1nnc(-c2ccc(Oc3cc(O[C@H]4CCN(C)C4=O)cc(C(=O)Nc4ncc(C)s4)c3)cc2)o1. The zero-order valence-electron chi connectivity index (χ0n) is 19.8.